The minimum absolute atomic E-state index is 0.00263. The highest BCUT2D eigenvalue weighted by atomic mass is 16.5. The van der Waals surface area contributed by atoms with E-state index >= 15 is 0 Å². The summed E-state index contributed by atoms with van der Waals surface area (Å²) in [5, 5.41) is 10.9. The lowest BCUT2D eigenvalue weighted by Crippen LogP contribution is -2.50. The lowest BCUT2D eigenvalue weighted by Gasteiger charge is -2.30. The maximum absolute atomic E-state index is 12.7. The highest BCUT2D eigenvalue weighted by molar-refractivity contribution is 5.94. The summed E-state index contributed by atoms with van der Waals surface area (Å²) < 4.78 is 12.5. The van der Waals surface area contributed by atoms with Crippen LogP contribution in [0.5, 0.6) is 5.75 Å². The number of carbonyl (C=O) groups excluding carboxylic acids is 1. The predicted molar refractivity (Wildman–Crippen MR) is 95.3 cm³/mol. The van der Waals surface area contributed by atoms with Gasteiger partial charge in [-0.3, -0.25) is 9.59 Å². The van der Waals surface area contributed by atoms with E-state index in [1.807, 2.05) is 18.2 Å². The maximum atomic E-state index is 12.7. The van der Waals surface area contributed by atoms with Crippen LogP contribution in [0, 0.1) is 0 Å². The second-order valence-electron chi connectivity index (χ2n) is 6.47. The average Bonchev–Trinajstić information content (AvgIpc) is 2.85. The van der Waals surface area contributed by atoms with Crippen LogP contribution in [-0.2, 0) is 11.8 Å². The Balaban J connectivity index is 1.72. The van der Waals surface area contributed by atoms with Gasteiger partial charge in [0.2, 0.25) is 0 Å². The molecule has 1 aromatic carbocycles. The molecule has 1 amide bonds. The van der Waals surface area contributed by atoms with Crippen molar-refractivity contribution in [1.82, 2.24) is 9.47 Å². The van der Waals surface area contributed by atoms with Gasteiger partial charge in [0.15, 0.2) is 0 Å². The van der Waals surface area contributed by atoms with Crippen molar-refractivity contribution in [2.75, 3.05) is 32.9 Å². The third-order valence-corrected chi connectivity index (χ3v) is 4.25. The normalized spacial score (nSPS) is 20.5. The number of pyridine rings is 1. The number of aromatic nitrogens is 1. The number of nitrogens with zero attached hydrogens (tertiary/aromatic N) is 2. The summed E-state index contributed by atoms with van der Waals surface area (Å²) in [4.78, 5) is 26.0. The van der Waals surface area contributed by atoms with E-state index < -0.39 is 5.60 Å². The molecule has 1 saturated heterocycles. The van der Waals surface area contributed by atoms with Crippen LogP contribution in [0.25, 0.3) is 0 Å². The maximum Gasteiger partial charge on any atom is 0.254 e. The molecule has 0 spiro atoms. The van der Waals surface area contributed by atoms with Crippen molar-refractivity contribution in [2.24, 2.45) is 7.05 Å². The van der Waals surface area contributed by atoms with Crippen LogP contribution >= 0.6 is 0 Å². The van der Waals surface area contributed by atoms with E-state index in [1.54, 1.807) is 31.4 Å². The van der Waals surface area contributed by atoms with E-state index in [2.05, 4.69) is 0 Å². The molecule has 0 bridgehead atoms. The van der Waals surface area contributed by atoms with Crippen LogP contribution < -0.4 is 10.3 Å². The Bertz CT molecular complexity index is 820. The Morgan fingerprint density at radius 2 is 2.08 bits per heavy atom. The lowest BCUT2D eigenvalue weighted by molar-refractivity contribution is -0.0621. The van der Waals surface area contributed by atoms with E-state index in [0.29, 0.717) is 24.5 Å². The number of ether oxygens (including phenoxy) is 2. The Morgan fingerprint density at radius 3 is 2.81 bits per heavy atom. The number of carbonyl (C=O) groups is 1. The van der Waals surface area contributed by atoms with Gasteiger partial charge in [-0.2, -0.15) is 0 Å². The van der Waals surface area contributed by atoms with E-state index in [-0.39, 0.29) is 31.2 Å². The summed E-state index contributed by atoms with van der Waals surface area (Å²) in [6, 6.07) is 12.0. The summed E-state index contributed by atoms with van der Waals surface area (Å²) in [5.74, 6) is 0.320. The molecular weight excluding hydrogens is 336 g/mol. The minimum Gasteiger partial charge on any atom is -0.490 e. The third-order valence-electron chi connectivity index (χ3n) is 4.25. The van der Waals surface area contributed by atoms with Gasteiger partial charge in [0, 0.05) is 31.4 Å². The molecule has 1 aliphatic heterocycles. The van der Waals surface area contributed by atoms with Gasteiger partial charge in [0.1, 0.15) is 18.0 Å². The molecule has 26 heavy (non-hydrogen) atoms. The zero-order valence-electron chi connectivity index (χ0n) is 14.6. The van der Waals surface area contributed by atoms with Crippen molar-refractivity contribution in [3.63, 3.8) is 0 Å². The monoisotopic (exact) mass is 358 g/mol. The first-order chi connectivity index (χ1) is 12.5. The van der Waals surface area contributed by atoms with E-state index in [9.17, 15) is 14.7 Å². The SMILES string of the molecule is Cn1ccc(C(=O)N2CCOC[C@](O)(COc3ccccc3)C2)cc1=O. The van der Waals surface area contributed by atoms with Gasteiger partial charge in [-0.15, -0.1) is 0 Å². The average molecular weight is 358 g/mol. The molecule has 0 aliphatic carbocycles. The molecule has 1 aromatic heterocycles. The second-order valence-corrected chi connectivity index (χ2v) is 6.47. The van der Waals surface area contributed by atoms with Gasteiger partial charge >= 0.3 is 0 Å². The molecule has 2 aromatic rings. The smallest absolute Gasteiger partial charge is 0.254 e. The van der Waals surface area contributed by atoms with Gasteiger partial charge in [-0.1, -0.05) is 18.2 Å². The van der Waals surface area contributed by atoms with Crippen molar-refractivity contribution < 1.29 is 19.4 Å². The zero-order valence-corrected chi connectivity index (χ0v) is 14.6. The van der Waals surface area contributed by atoms with Crippen molar-refractivity contribution in [3.8, 4) is 5.75 Å². The number of para-hydroxylation sites is 1. The number of β-amino-alcohol motifs (C(OH)–C–C–N with tert-alkyl or cyclic N) is 1. The van der Waals surface area contributed by atoms with Crippen molar-refractivity contribution in [2.45, 2.75) is 5.60 Å². The number of rotatable bonds is 4. The highest BCUT2D eigenvalue weighted by Crippen LogP contribution is 2.18. The van der Waals surface area contributed by atoms with Crippen molar-refractivity contribution in [3.05, 3.63) is 64.6 Å². The number of benzene rings is 1. The molecule has 1 fully saturated rings. The molecule has 7 nitrogen and oxygen atoms in total. The fourth-order valence-electron chi connectivity index (χ4n) is 2.78. The largest absolute Gasteiger partial charge is 0.490 e. The second kappa shape index (κ2) is 7.72. The van der Waals surface area contributed by atoms with Crippen LogP contribution in [0.4, 0.5) is 0 Å². The minimum atomic E-state index is -1.33. The van der Waals surface area contributed by atoms with Crippen LogP contribution in [-0.4, -0.2) is 59.0 Å². The number of aliphatic hydroxyl groups is 1. The summed E-state index contributed by atoms with van der Waals surface area (Å²) in [5.41, 5.74) is -1.30. The van der Waals surface area contributed by atoms with Crippen LogP contribution in [0.2, 0.25) is 0 Å². The Morgan fingerprint density at radius 1 is 1.31 bits per heavy atom. The van der Waals surface area contributed by atoms with Crippen LogP contribution in [0.3, 0.4) is 0 Å². The van der Waals surface area contributed by atoms with Crippen molar-refractivity contribution >= 4 is 5.91 Å². The molecule has 138 valence electrons. The van der Waals surface area contributed by atoms with Crippen LogP contribution in [0.15, 0.2) is 53.5 Å². The first kappa shape index (κ1) is 18.2. The number of amides is 1. The first-order valence-electron chi connectivity index (χ1n) is 8.41. The molecule has 2 heterocycles. The molecule has 1 atom stereocenters. The predicted octanol–water partition coefficient (Wildman–Crippen LogP) is 0.668. The molecule has 3 rings (SSSR count). The van der Waals surface area contributed by atoms with Gasteiger partial charge in [0.25, 0.3) is 11.5 Å². The Labute approximate surface area is 151 Å². The highest BCUT2D eigenvalue weighted by Gasteiger charge is 2.35. The van der Waals surface area contributed by atoms with Gasteiger partial charge < -0.3 is 24.0 Å². The van der Waals surface area contributed by atoms with Gasteiger partial charge in [0.05, 0.1) is 19.8 Å². The molecule has 7 heteroatoms. The van der Waals surface area contributed by atoms with Crippen LogP contribution in [0.1, 0.15) is 10.4 Å². The third kappa shape index (κ3) is 4.30. The zero-order chi connectivity index (χ0) is 18.6. The number of hydrogen-bond acceptors (Lipinski definition) is 5. The van der Waals surface area contributed by atoms with Crippen molar-refractivity contribution in [1.29, 1.82) is 0 Å². The molecular formula is C19H22N2O5. The van der Waals surface area contributed by atoms with E-state index in [4.69, 9.17) is 9.47 Å². The van der Waals surface area contributed by atoms with Gasteiger partial charge in [-0.05, 0) is 18.2 Å². The Hall–Kier alpha value is -2.64. The standard InChI is InChI=1S/C19H22N2O5/c1-20-8-7-15(11-17(20)22)18(23)21-9-10-25-13-19(24,12-21)14-26-16-5-3-2-4-6-16/h2-8,11,24H,9-10,12-14H2,1H3/t19-/m0/s1. The van der Waals surface area contributed by atoms with E-state index in [0.717, 1.165) is 0 Å². The number of aryl methyl sites for hydroxylation is 1. The quantitative estimate of drug-likeness (QED) is 0.869. The fraction of sp³-hybridized carbons (Fsp3) is 0.368. The first-order valence-corrected chi connectivity index (χ1v) is 8.41. The molecule has 1 aliphatic rings. The summed E-state index contributed by atoms with van der Waals surface area (Å²) in [6.45, 7) is 0.775. The fourth-order valence-corrected chi connectivity index (χ4v) is 2.78. The topological polar surface area (TPSA) is 81.0 Å². The molecule has 0 unspecified atom stereocenters. The Kier molecular flexibility index (Phi) is 5.39. The molecule has 0 radical (unpaired) electrons. The molecule has 1 N–H and O–H groups in total. The summed E-state index contributed by atoms with van der Waals surface area (Å²) in [7, 11) is 1.62. The number of hydrogen-bond donors (Lipinski definition) is 1. The molecule has 0 saturated carbocycles. The summed E-state index contributed by atoms with van der Waals surface area (Å²) in [6.07, 6.45) is 1.55. The lowest BCUT2D eigenvalue weighted by atomic mass is 10.1. The van der Waals surface area contributed by atoms with Gasteiger partial charge in [-0.25, -0.2) is 0 Å². The summed E-state index contributed by atoms with van der Waals surface area (Å²) >= 11 is 0. The van der Waals surface area contributed by atoms with E-state index in [1.165, 1.54) is 15.5 Å².